The monoisotopic (exact) mass is 623 g/mol. The summed E-state index contributed by atoms with van der Waals surface area (Å²) < 4.78 is 23.6. The van der Waals surface area contributed by atoms with Gasteiger partial charge in [0.05, 0.1) is 0 Å². The molecule has 11 heteroatoms. The molecule has 0 radical (unpaired) electrons. The summed E-state index contributed by atoms with van der Waals surface area (Å²) in [6.45, 7) is 1.60. The van der Waals surface area contributed by atoms with Gasteiger partial charge in [0.2, 0.25) is 0 Å². The molecule has 0 saturated carbocycles. The van der Waals surface area contributed by atoms with Crippen molar-refractivity contribution < 1.29 is 60.1 Å². The van der Waals surface area contributed by atoms with Crippen molar-refractivity contribution in [1.29, 1.82) is 0 Å². The molecule has 2 heterocycles. The van der Waals surface area contributed by atoms with E-state index in [2.05, 4.69) is 4.98 Å². The van der Waals surface area contributed by atoms with Gasteiger partial charge in [-0.25, -0.2) is 0 Å². The van der Waals surface area contributed by atoms with Crippen LogP contribution in [0.3, 0.4) is 0 Å². The van der Waals surface area contributed by atoms with Crippen LogP contribution in [0.25, 0.3) is 0 Å². The van der Waals surface area contributed by atoms with E-state index in [0.717, 1.165) is 12.5 Å². The SMILES string of the molecule is CC(=O)O.CO[C@H]1[CH]([Hg])C(O)O[C@@H]1COc1nccc(=O)n1COCc1ccccc1. The first-order chi connectivity index (χ1) is 14.8. The molecule has 4 atom stereocenters. The molecule has 2 unspecified atom stereocenters. The first-order valence-corrected chi connectivity index (χ1v) is 12.7. The summed E-state index contributed by atoms with van der Waals surface area (Å²) in [7, 11) is 1.59. The zero-order valence-corrected chi connectivity index (χ0v) is 22.9. The summed E-state index contributed by atoms with van der Waals surface area (Å²) in [5, 5.41) is 17.3. The van der Waals surface area contributed by atoms with Crippen LogP contribution in [0.5, 0.6) is 6.01 Å². The van der Waals surface area contributed by atoms with Crippen LogP contribution in [-0.4, -0.2) is 57.9 Å². The quantitative estimate of drug-likeness (QED) is 0.414. The van der Waals surface area contributed by atoms with E-state index in [-0.39, 0.29) is 34.4 Å². The second kappa shape index (κ2) is 12.9. The van der Waals surface area contributed by atoms with Crippen LogP contribution in [0.15, 0.2) is 47.4 Å². The Bertz CT molecular complexity index is 875. The van der Waals surface area contributed by atoms with E-state index in [4.69, 9.17) is 28.8 Å². The molecule has 0 spiro atoms. The molecule has 2 N–H and O–H groups in total. The van der Waals surface area contributed by atoms with Crippen LogP contribution in [0.1, 0.15) is 12.5 Å². The number of ether oxygens (including phenoxy) is 4. The van der Waals surface area contributed by atoms with Crippen molar-refractivity contribution in [2.24, 2.45) is 0 Å². The summed E-state index contributed by atoms with van der Waals surface area (Å²) in [4.78, 5) is 25.3. The van der Waals surface area contributed by atoms with Gasteiger partial charge in [-0.3, -0.25) is 4.79 Å². The Labute approximate surface area is 195 Å². The molecule has 1 aromatic carbocycles. The predicted octanol–water partition coefficient (Wildman–Crippen LogP) is 0.955. The molecular weight excluding hydrogens is 597 g/mol. The molecule has 3 rings (SSSR count). The summed E-state index contributed by atoms with van der Waals surface area (Å²) in [5.74, 6) is -0.833. The van der Waals surface area contributed by atoms with Gasteiger partial charge in [0.1, 0.15) is 0 Å². The maximum absolute atomic E-state index is 12.2. The van der Waals surface area contributed by atoms with Crippen molar-refractivity contribution in [2.75, 3.05) is 13.7 Å². The summed E-state index contributed by atoms with van der Waals surface area (Å²) in [6, 6.07) is 11.2. The summed E-state index contributed by atoms with van der Waals surface area (Å²) in [6.07, 6.45) is -0.0705. The zero-order valence-electron chi connectivity index (χ0n) is 17.4. The third-order valence-electron chi connectivity index (χ3n) is 4.35. The molecule has 10 nitrogen and oxygen atoms in total. The normalized spacial score (nSPS) is 22.5. The third-order valence-corrected chi connectivity index (χ3v) is 7.72. The number of aliphatic hydroxyl groups excluding tert-OH is 1. The average Bonchev–Trinajstić information content (AvgIpc) is 3.01. The van der Waals surface area contributed by atoms with Gasteiger partial charge >= 0.3 is 155 Å². The van der Waals surface area contributed by atoms with E-state index in [9.17, 15) is 9.90 Å². The van der Waals surface area contributed by atoms with Gasteiger partial charge in [-0.2, -0.15) is 0 Å². The van der Waals surface area contributed by atoms with Gasteiger partial charge in [0, 0.05) is 6.92 Å². The molecule has 1 fully saturated rings. The Morgan fingerprint density at radius 2 is 1.97 bits per heavy atom. The molecule has 1 saturated heterocycles. The van der Waals surface area contributed by atoms with E-state index in [1.807, 2.05) is 30.3 Å². The standard InChI is InChI=1S/C18H21N2O6.C2H4O2.Hg/c1-23-14-9-17(22)26-15(14)11-25-18-19-8-7-16(21)20(18)12-24-10-13-5-3-2-4-6-13;1-2(3)4;/h2-9,14-15,17,22H,10-12H2,1H3;1H3,(H,3,4);/t14-,15+,17?;;/m0../s1. The fourth-order valence-corrected chi connectivity index (χ4v) is 5.25. The number of hydrogen-bond donors (Lipinski definition) is 2. The molecule has 2 aromatic rings. The van der Waals surface area contributed by atoms with E-state index < -0.39 is 18.4 Å². The van der Waals surface area contributed by atoms with Crippen LogP contribution in [-0.2, 0) is 58.5 Å². The van der Waals surface area contributed by atoms with Crippen LogP contribution in [0, 0.1) is 0 Å². The number of benzene rings is 1. The van der Waals surface area contributed by atoms with Crippen molar-refractivity contribution in [3.63, 3.8) is 0 Å². The van der Waals surface area contributed by atoms with E-state index in [0.29, 0.717) is 32.7 Å². The van der Waals surface area contributed by atoms with Crippen LogP contribution < -0.4 is 10.3 Å². The fourth-order valence-electron chi connectivity index (χ4n) is 2.89. The van der Waals surface area contributed by atoms with Gasteiger partial charge in [0.15, 0.2) is 0 Å². The Morgan fingerprint density at radius 3 is 2.61 bits per heavy atom. The Hall–Kier alpha value is -1.85. The number of nitrogens with zero attached hydrogens (tertiary/aromatic N) is 2. The van der Waals surface area contributed by atoms with E-state index in [1.165, 1.54) is 16.8 Å². The van der Waals surface area contributed by atoms with Crippen LogP contribution in [0.2, 0.25) is 3.43 Å². The molecule has 31 heavy (non-hydrogen) atoms. The van der Waals surface area contributed by atoms with Crippen molar-refractivity contribution in [1.82, 2.24) is 9.55 Å². The van der Waals surface area contributed by atoms with E-state index in [1.54, 1.807) is 7.11 Å². The topological polar surface area (TPSA) is 129 Å². The Balaban J connectivity index is 0.000000785. The Kier molecular flexibility index (Phi) is 10.5. The average molecular weight is 622 g/mol. The third kappa shape index (κ3) is 7.97. The first-order valence-electron chi connectivity index (χ1n) is 9.52. The number of carboxylic acids is 1. The van der Waals surface area contributed by atoms with Gasteiger partial charge in [-0.05, 0) is 0 Å². The van der Waals surface area contributed by atoms with Crippen LogP contribution >= 0.6 is 0 Å². The van der Waals surface area contributed by atoms with Crippen molar-refractivity contribution in [2.45, 2.75) is 42.2 Å². The summed E-state index contributed by atoms with van der Waals surface area (Å²) >= 11 is 0.292. The van der Waals surface area contributed by atoms with Gasteiger partial charge < -0.3 is 5.11 Å². The predicted molar refractivity (Wildman–Crippen MR) is 104 cm³/mol. The number of aliphatic carboxylic acids is 1. The molecule has 165 valence electrons. The molecule has 1 aliphatic rings. The number of aliphatic hydroxyl groups is 1. The van der Waals surface area contributed by atoms with Crippen LogP contribution in [0.4, 0.5) is 0 Å². The smallest absolute Gasteiger partial charge is 0.0622 e. The van der Waals surface area contributed by atoms with Gasteiger partial charge in [0.25, 0.3) is 5.97 Å². The maximum atomic E-state index is 12.2. The molecule has 1 aromatic heterocycles. The number of aromatic nitrogens is 2. The molecule has 1 aliphatic heterocycles. The second-order valence-electron chi connectivity index (χ2n) is 6.72. The zero-order chi connectivity index (χ0) is 22.8. The fraction of sp³-hybridized carbons (Fsp3) is 0.450. The minimum atomic E-state index is -0.833. The van der Waals surface area contributed by atoms with Gasteiger partial charge in [-0.1, -0.05) is 18.2 Å². The van der Waals surface area contributed by atoms with Gasteiger partial charge in [-0.15, -0.1) is 0 Å². The number of carbonyl (C=O) groups is 1. The molecule has 0 amide bonds. The number of hydrogen-bond acceptors (Lipinski definition) is 8. The molecule has 0 bridgehead atoms. The van der Waals surface area contributed by atoms with Crippen molar-refractivity contribution in [3.05, 3.63) is 58.5 Å². The Morgan fingerprint density at radius 1 is 1.29 bits per heavy atom. The molecular formula is C20H25HgN2O8. The first kappa shape index (κ1) is 25.4. The number of methoxy groups -OCH3 is 1. The minimum absolute atomic E-state index is 0.0173. The van der Waals surface area contributed by atoms with E-state index >= 15 is 0 Å². The van der Waals surface area contributed by atoms with Crippen molar-refractivity contribution >= 4 is 5.97 Å². The number of rotatable bonds is 8. The van der Waals surface area contributed by atoms with Crippen molar-refractivity contribution in [3.8, 4) is 6.01 Å². The number of carboxylic acid groups (broad SMARTS) is 1. The molecule has 0 aliphatic carbocycles. The minimum Gasteiger partial charge on any atom is -0.0622 e. The summed E-state index contributed by atoms with van der Waals surface area (Å²) in [5.41, 5.74) is 0.737. The second-order valence-corrected chi connectivity index (χ2v) is 10.4.